The van der Waals surface area contributed by atoms with Gasteiger partial charge in [0.05, 0.1) is 4.47 Å². The number of hydrogen-bond acceptors (Lipinski definition) is 2. The summed E-state index contributed by atoms with van der Waals surface area (Å²) < 4.78 is 19.9. The molecule has 2 rings (SSSR count). The molecule has 2 aromatic carbocycles. The summed E-state index contributed by atoms with van der Waals surface area (Å²) in [6.45, 7) is 3.80. The molecule has 4 heteroatoms. The molecular weight excluding hydrogens is 309 g/mol. The third-order valence-electron chi connectivity index (χ3n) is 2.77. The zero-order chi connectivity index (χ0) is 14.0. The van der Waals surface area contributed by atoms with Crippen molar-refractivity contribution in [2.75, 3.05) is 0 Å². The summed E-state index contributed by atoms with van der Waals surface area (Å²) in [4.78, 5) is 0. The maximum atomic E-state index is 13.3. The maximum Gasteiger partial charge on any atom is 0.141 e. The normalized spacial score (nSPS) is 12.3. The van der Waals surface area contributed by atoms with E-state index in [1.165, 1.54) is 12.1 Å². The Morgan fingerprint density at radius 3 is 2.47 bits per heavy atom. The van der Waals surface area contributed by atoms with E-state index in [4.69, 9.17) is 10.5 Å². The van der Waals surface area contributed by atoms with Gasteiger partial charge >= 0.3 is 0 Å². The smallest absolute Gasteiger partial charge is 0.141 e. The second-order valence-corrected chi connectivity index (χ2v) is 5.36. The van der Waals surface area contributed by atoms with Crippen LogP contribution in [0, 0.1) is 12.7 Å². The van der Waals surface area contributed by atoms with Gasteiger partial charge in [0.1, 0.15) is 17.3 Å². The zero-order valence-corrected chi connectivity index (χ0v) is 12.4. The van der Waals surface area contributed by atoms with Crippen molar-refractivity contribution < 1.29 is 9.13 Å². The first-order chi connectivity index (χ1) is 8.97. The molecule has 0 fully saturated rings. The van der Waals surface area contributed by atoms with Crippen LogP contribution in [0.4, 0.5) is 4.39 Å². The van der Waals surface area contributed by atoms with Crippen LogP contribution in [0.2, 0.25) is 0 Å². The molecule has 0 unspecified atom stereocenters. The van der Waals surface area contributed by atoms with Crippen molar-refractivity contribution in [2.45, 2.75) is 19.9 Å². The Morgan fingerprint density at radius 2 is 1.84 bits per heavy atom. The first-order valence-electron chi connectivity index (χ1n) is 5.96. The molecule has 0 radical (unpaired) electrons. The molecular formula is C15H15BrFNO. The lowest BCUT2D eigenvalue weighted by molar-refractivity contribution is 0.466. The Bertz CT molecular complexity index is 599. The lowest BCUT2D eigenvalue weighted by Crippen LogP contribution is -2.07. The van der Waals surface area contributed by atoms with Gasteiger partial charge in [-0.15, -0.1) is 0 Å². The van der Waals surface area contributed by atoms with Gasteiger partial charge in [-0.1, -0.05) is 6.07 Å². The Hall–Kier alpha value is -1.39. The average molecular weight is 324 g/mol. The molecule has 0 aliphatic carbocycles. The Balaban J connectivity index is 2.38. The van der Waals surface area contributed by atoms with Crippen molar-refractivity contribution in [3.05, 3.63) is 57.8 Å². The van der Waals surface area contributed by atoms with Gasteiger partial charge in [-0.25, -0.2) is 4.39 Å². The van der Waals surface area contributed by atoms with Crippen molar-refractivity contribution in [3.63, 3.8) is 0 Å². The maximum absolute atomic E-state index is 13.3. The fourth-order valence-corrected chi connectivity index (χ4v) is 2.35. The number of hydrogen-bond donors (Lipinski definition) is 1. The molecule has 1 atom stereocenters. The average Bonchev–Trinajstić information content (AvgIpc) is 2.34. The fourth-order valence-electron chi connectivity index (χ4n) is 1.78. The highest BCUT2D eigenvalue weighted by Gasteiger charge is 2.12. The molecule has 100 valence electrons. The standard InChI is InChI=1S/C15H15BrFNO/c1-9-3-5-15(13(16)7-9)19-14-6-4-11(17)8-12(14)10(2)18/h3-8,10H,18H2,1-2H3/t10-/m0/s1. The Labute approximate surface area is 120 Å². The summed E-state index contributed by atoms with van der Waals surface area (Å²) in [6, 6.07) is 9.86. The zero-order valence-electron chi connectivity index (χ0n) is 10.8. The van der Waals surface area contributed by atoms with Crippen LogP contribution in [0.25, 0.3) is 0 Å². The van der Waals surface area contributed by atoms with E-state index in [2.05, 4.69) is 15.9 Å². The second-order valence-electron chi connectivity index (χ2n) is 4.51. The third kappa shape index (κ3) is 3.33. The molecule has 2 N–H and O–H groups in total. The van der Waals surface area contributed by atoms with Gasteiger partial charge in [-0.05, 0) is 65.7 Å². The second kappa shape index (κ2) is 5.72. The van der Waals surface area contributed by atoms with Crippen LogP contribution < -0.4 is 10.5 Å². The number of halogens is 2. The van der Waals surface area contributed by atoms with Crippen molar-refractivity contribution >= 4 is 15.9 Å². The predicted molar refractivity (Wildman–Crippen MR) is 78.0 cm³/mol. The van der Waals surface area contributed by atoms with Gasteiger partial charge in [-0.3, -0.25) is 0 Å². The minimum absolute atomic E-state index is 0.296. The van der Waals surface area contributed by atoms with Crippen LogP contribution in [-0.2, 0) is 0 Å². The van der Waals surface area contributed by atoms with Crippen molar-refractivity contribution in [1.29, 1.82) is 0 Å². The first kappa shape index (κ1) is 14.0. The fraction of sp³-hybridized carbons (Fsp3) is 0.200. The summed E-state index contributed by atoms with van der Waals surface area (Å²) >= 11 is 3.45. The predicted octanol–water partition coefficient (Wildman–Crippen LogP) is 4.71. The third-order valence-corrected chi connectivity index (χ3v) is 3.39. The van der Waals surface area contributed by atoms with E-state index in [-0.39, 0.29) is 11.9 Å². The van der Waals surface area contributed by atoms with E-state index in [1.807, 2.05) is 25.1 Å². The molecule has 0 spiro atoms. The highest BCUT2D eigenvalue weighted by atomic mass is 79.9. The first-order valence-corrected chi connectivity index (χ1v) is 6.75. The number of aryl methyl sites for hydroxylation is 1. The van der Waals surface area contributed by atoms with Crippen LogP contribution in [0.3, 0.4) is 0 Å². The van der Waals surface area contributed by atoms with Crippen LogP contribution in [-0.4, -0.2) is 0 Å². The number of nitrogens with two attached hydrogens (primary N) is 1. The van der Waals surface area contributed by atoms with Gasteiger partial charge in [0.25, 0.3) is 0 Å². The van der Waals surface area contributed by atoms with Crippen LogP contribution in [0.1, 0.15) is 24.1 Å². The molecule has 0 bridgehead atoms. The van der Waals surface area contributed by atoms with E-state index < -0.39 is 0 Å². The highest BCUT2D eigenvalue weighted by molar-refractivity contribution is 9.10. The van der Waals surface area contributed by atoms with E-state index in [0.29, 0.717) is 17.1 Å². The van der Waals surface area contributed by atoms with Gasteiger partial charge in [0.15, 0.2) is 0 Å². The number of rotatable bonds is 3. The molecule has 0 saturated heterocycles. The number of benzene rings is 2. The van der Waals surface area contributed by atoms with E-state index in [0.717, 1.165) is 10.0 Å². The van der Waals surface area contributed by atoms with Crippen molar-refractivity contribution in [1.82, 2.24) is 0 Å². The molecule has 19 heavy (non-hydrogen) atoms. The summed E-state index contributed by atoms with van der Waals surface area (Å²) in [6.07, 6.45) is 0. The largest absolute Gasteiger partial charge is 0.456 e. The summed E-state index contributed by atoms with van der Waals surface area (Å²) in [7, 11) is 0. The monoisotopic (exact) mass is 323 g/mol. The number of ether oxygens (including phenoxy) is 1. The summed E-state index contributed by atoms with van der Waals surface area (Å²) in [5.74, 6) is 0.933. The Morgan fingerprint density at radius 1 is 1.16 bits per heavy atom. The minimum Gasteiger partial charge on any atom is -0.456 e. The van der Waals surface area contributed by atoms with E-state index in [9.17, 15) is 4.39 Å². The molecule has 0 heterocycles. The molecule has 0 aliphatic rings. The van der Waals surface area contributed by atoms with Crippen molar-refractivity contribution in [2.24, 2.45) is 5.73 Å². The quantitative estimate of drug-likeness (QED) is 0.887. The summed E-state index contributed by atoms with van der Waals surface area (Å²) in [5.41, 5.74) is 7.62. The van der Waals surface area contributed by atoms with Gasteiger partial charge in [0, 0.05) is 11.6 Å². The molecule has 2 nitrogen and oxygen atoms in total. The van der Waals surface area contributed by atoms with Crippen LogP contribution in [0.15, 0.2) is 40.9 Å². The van der Waals surface area contributed by atoms with E-state index in [1.54, 1.807) is 13.0 Å². The molecule has 0 aromatic heterocycles. The van der Waals surface area contributed by atoms with Gasteiger partial charge in [0.2, 0.25) is 0 Å². The molecule has 0 aliphatic heterocycles. The SMILES string of the molecule is Cc1ccc(Oc2ccc(F)cc2[C@H](C)N)c(Br)c1. The lowest BCUT2D eigenvalue weighted by atomic mass is 10.1. The topological polar surface area (TPSA) is 35.2 Å². The Kier molecular flexibility index (Phi) is 4.22. The minimum atomic E-state index is -0.317. The van der Waals surface area contributed by atoms with Crippen LogP contribution >= 0.6 is 15.9 Å². The van der Waals surface area contributed by atoms with Gasteiger partial charge < -0.3 is 10.5 Å². The molecule has 0 saturated carbocycles. The van der Waals surface area contributed by atoms with E-state index >= 15 is 0 Å². The lowest BCUT2D eigenvalue weighted by Gasteiger charge is -2.15. The molecule has 0 amide bonds. The van der Waals surface area contributed by atoms with Gasteiger partial charge in [-0.2, -0.15) is 0 Å². The van der Waals surface area contributed by atoms with Crippen molar-refractivity contribution in [3.8, 4) is 11.5 Å². The summed E-state index contributed by atoms with van der Waals surface area (Å²) in [5, 5.41) is 0. The molecule has 2 aromatic rings. The van der Waals surface area contributed by atoms with Crippen LogP contribution in [0.5, 0.6) is 11.5 Å². The highest BCUT2D eigenvalue weighted by Crippen LogP contribution is 2.34.